The topological polar surface area (TPSA) is 109 Å². The molecule has 8 heteroatoms. The monoisotopic (exact) mass is 474 g/mol. The van der Waals surface area contributed by atoms with Gasteiger partial charge in [0, 0.05) is 25.3 Å². The van der Waals surface area contributed by atoms with E-state index in [1.807, 2.05) is 18.2 Å². The Morgan fingerprint density at radius 1 is 1.03 bits per heavy atom. The number of carboxylic acid groups (broad SMARTS) is 1. The number of hydrogen-bond acceptors (Lipinski definition) is 6. The summed E-state index contributed by atoms with van der Waals surface area (Å²) in [7, 11) is 0. The van der Waals surface area contributed by atoms with Crippen LogP contribution in [0.5, 0.6) is 0 Å². The summed E-state index contributed by atoms with van der Waals surface area (Å²) in [5.41, 5.74) is 0. The van der Waals surface area contributed by atoms with Gasteiger partial charge in [-0.15, -0.1) is 0 Å². The lowest BCUT2D eigenvalue weighted by atomic mass is 9.77. The van der Waals surface area contributed by atoms with Crippen LogP contribution in [-0.4, -0.2) is 67.6 Å². The van der Waals surface area contributed by atoms with Crippen molar-refractivity contribution in [3.05, 3.63) is 36.1 Å². The quantitative estimate of drug-likeness (QED) is 0.179. The largest absolute Gasteiger partial charge is 0.494 e. The lowest BCUT2D eigenvalue weighted by Gasteiger charge is -2.25. The zero-order chi connectivity index (χ0) is 23.8. The molecule has 6 atom stereocenters. The fourth-order valence-corrected chi connectivity index (χ4v) is 5.31. The minimum absolute atomic E-state index is 0.0200. The normalized spacial score (nSPS) is 30.8. The standard InChI is InChI=1S/C26H38N2O6/c29-21(17-27-14-8-3-4-10-18-11-7-9-15-32-18)28-16-20-19(12-5-1-2-6-13-22(30)31)23-25-26(34-25)24(20)33-23/h1,5,7,9,11,19-20,23-27H,2-4,6,8,10,12-17H2,(H,28,29)(H,30,31)/t19-,20+,23+,24-,25-,26+/m0/s1. The van der Waals surface area contributed by atoms with Gasteiger partial charge in [0.1, 0.15) is 18.8 Å². The van der Waals surface area contributed by atoms with E-state index in [1.54, 1.807) is 0 Å². The van der Waals surface area contributed by atoms with Crippen LogP contribution in [-0.2, 0) is 23.8 Å². The molecular formula is C26H38N2O6. The first kappa shape index (κ1) is 24.9. The van der Waals surface area contributed by atoms with Gasteiger partial charge in [0.05, 0.1) is 24.5 Å². The van der Waals surface area contributed by atoms with Crippen LogP contribution >= 0.6 is 0 Å². The van der Waals surface area contributed by atoms with Crippen LogP contribution in [0.15, 0.2) is 36.1 Å². The van der Waals surface area contributed by atoms with E-state index in [0.29, 0.717) is 32.0 Å². The summed E-state index contributed by atoms with van der Waals surface area (Å²) in [5, 5.41) is 15.1. The van der Waals surface area contributed by atoms with Crippen molar-refractivity contribution in [2.45, 2.75) is 75.8 Å². The molecule has 3 N–H and O–H groups in total. The Hall–Kier alpha value is -2.16. The maximum absolute atomic E-state index is 12.3. The molecule has 0 aromatic rings. The smallest absolute Gasteiger partial charge is 0.303 e. The zero-order valence-electron chi connectivity index (χ0n) is 19.8. The van der Waals surface area contributed by atoms with Gasteiger partial charge < -0.3 is 30.0 Å². The molecule has 3 saturated heterocycles. The van der Waals surface area contributed by atoms with Crippen molar-refractivity contribution in [2.75, 3.05) is 26.2 Å². The molecule has 2 bridgehead atoms. The number of unbranched alkanes of at least 4 members (excludes halogenated alkanes) is 3. The summed E-state index contributed by atoms with van der Waals surface area (Å²) in [5.74, 6) is 0.919. The fourth-order valence-electron chi connectivity index (χ4n) is 5.31. The van der Waals surface area contributed by atoms with Crippen LogP contribution < -0.4 is 10.6 Å². The zero-order valence-corrected chi connectivity index (χ0v) is 19.8. The van der Waals surface area contributed by atoms with Crippen molar-refractivity contribution in [1.82, 2.24) is 10.6 Å². The van der Waals surface area contributed by atoms with Crippen molar-refractivity contribution < 1.29 is 28.9 Å². The molecule has 0 aromatic heterocycles. The number of allylic oxidation sites excluding steroid dienone is 5. The van der Waals surface area contributed by atoms with E-state index in [-0.39, 0.29) is 42.7 Å². The number of aliphatic carboxylic acids is 1. The average molecular weight is 475 g/mol. The molecule has 34 heavy (non-hydrogen) atoms. The second-order valence-corrected chi connectivity index (χ2v) is 9.62. The highest BCUT2D eigenvalue weighted by Gasteiger charge is 2.68. The second kappa shape index (κ2) is 12.5. The minimum atomic E-state index is -0.752. The van der Waals surface area contributed by atoms with E-state index in [1.165, 1.54) is 0 Å². The van der Waals surface area contributed by atoms with Gasteiger partial charge in [-0.2, -0.15) is 0 Å². The molecule has 0 aliphatic carbocycles. The number of epoxide rings is 1. The van der Waals surface area contributed by atoms with E-state index >= 15 is 0 Å². The summed E-state index contributed by atoms with van der Waals surface area (Å²) in [6.45, 7) is 2.45. The molecule has 4 heterocycles. The van der Waals surface area contributed by atoms with Crippen molar-refractivity contribution in [3.8, 4) is 0 Å². The van der Waals surface area contributed by atoms with Crippen molar-refractivity contribution in [2.24, 2.45) is 11.8 Å². The predicted octanol–water partition coefficient (Wildman–Crippen LogP) is 2.70. The molecule has 4 aliphatic heterocycles. The lowest BCUT2D eigenvalue weighted by Crippen LogP contribution is -2.43. The lowest BCUT2D eigenvalue weighted by molar-refractivity contribution is -0.137. The Kier molecular flexibility index (Phi) is 9.18. The molecule has 188 valence electrons. The Labute approximate surface area is 201 Å². The molecule has 3 fully saturated rings. The first-order valence-corrected chi connectivity index (χ1v) is 12.8. The number of ether oxygens (including phenoxy) is 3. The van der Waals surface area contributed by atoms with Gasteiger partial charge in [0.15, 0.2) is 0 Å². The molecule has 4 rings (SSSR count). The number of carbonyl (C=O) groups is 2. The van der Waals surface area contributed by atoms with Crippen LogP contribution in [0.1, 0.15) is 51.4 Å². The maximum atomic E-state index is 12.3. The Balaban J connectivity index is 1.08. The van der Waals surface area contributed by atoms with Gasteiger partial charge in [-0.3, -0.25) is 9.59 Å². The van der Waals surface area contributed by atoms with Crippen molar-refractivity contribution in [3.63, 3.8) is 0 Å². The van der Waals surface area contributed by atoms with E-state index in [9.17, 15) is 9.59 Å². The first-order chi connectivity index (χ1) is 16.6. The number of carbonyl (C=O) groups excluding carboxylic acids is 1. The van der Waals surface area contributed by atoms with Gasteiger partial charge in [0.2, 0.25) is 5.91 Å². The summed E-state index contributed by atoms with van der Waals surface area (Å²) in [6, 6.07) is 0. The molecule has 0 radical (unpaired) electrons. The summed E-state index contributed by atoms with van der Waals surface area (Å²) < 4.78 is 17.5. The molecule has 4 aliphatic rings. The molecule has 0 unspecified atom stereocenters. The third kappa shape index (κ3) is 6.93. The Morgan fingerprint density at radius 3 is 2.65 bits per heavy atom. The van der Waals surface area contributed by atoms with Gasteiger partial charge >= 0.3 is 5.97 Å². The molecule has 0 aromatic carbocycles. The number of nitrogens with one attached hydrogen (secondary N) is 2. The second-order valence-electron chi connectivity index (χ2n) is 9.62. The van der Waals surface area contributed by atoms with E-state index in [0.717, 1.165) is 50.8 Å². The number of amides is 1. The van der Waals surface area contributed by atoms with Gasteiger partial charge in [-0.25, -0.2) is 0 Å². The Morgan fingerprint density at radius 2 is 1.85 bits per heavy atom. The van der Waals surface area contributed by atoms with Crippen LogP contribution in [0.4, 0.5) is 0 Å². The predicted molar refractivity (Wildman–Crippen MR) is 127 cm³/mol. The molecule has 8 nitrogen and oxygen atoms in total. The number of hydrogen-bond donors (Lipinski definition) is 3. The van der Waals surface area contributed by atoms with Crippen LogP contribution in [0.25, 0.3) is 0 Å². The summed E-state index contributed by atoms with van der Waals surface area (Å²) >= 11 is 0. The van der Waals surface area contributed by atoms with Gasteiger partial charge in [-0.05, 0) is 56.7 Å². The molecule has 1 amide bonds. The third-order valence-electron chi connectivity index (χ3n) is 7.13. The Bertz CT molecular complexity index is 794. The van der Waals surface area contributed by atoms with E-state index in [4.69, 9.17) is 19.3 Å². The number of carboxylic acids is 1. The van der Waals surface area contributed by atoms with Crippen molar-refractivity contribution >= 4 is 11.9 Å². The third-order valence-corrected chi connectivity index (χ3v) is 7.13. The highest BCUT2D eigenvalue weighted by Crippen LogP contribution is 2.54. The number of fused-ring (bicyclic) bond motifs is 5. The van der Waals surface area contributed by atoms with Crippen LogP contribution in [0.3, 0.4) is 0 Å². The summed E-state index contributed by atoms with van der Waals surface area (Å²) in [6.07, 6.45) is 17.6. The summed E-state index contributed by atoms with van der Waals surface area (Å²) in [4.78, 5) is 23.0. The highest BCUT2D eigenvalue weighted by atomic mass is 16.7. The SMILES string of the molecule is O=C(O)CCCC=CC[C@H]1[C@@H](CNC(=O)CNCCCCCC2=CC=CCO2)[C@@H]2O[C@H]1[C@@H]1O[C@@H]12. The van der Waals surface area contributed by atoms with Crippen LogP contribution in [0.2, 0.25) is 0 Å². The average Bonchev–Trinajstić information content (AvgIpc) is 3.46. The number of rotatable bonds is 16. The molecular weight excluding hydrogens is 436 g/mol. The first-order valence-electron chi connectivity index (χ1n) is 12.8. The van der Waals surface area contributed by atoms with Crippen LogP contribution in [0, 0.1) is 11.8 Å². The highest BCUT2D eigenvalue weighted by molar-refractivity contribution is 5.78. The maximum Gasteiger partial charge on any atom is 0.303 e. The van der Waals surface area contributed by atoms with Gasteiger partial charge in [-0.1, -0.05) is 24.6 Å². The van der Waals surface area contributed by atoms with Gasteiger partial charge in [0.25, 0.3) is 0 Å². The molecule has 0 spiro atoms. The van der Waals surface area contributed by atoms with Crippen molar-refractivity contribution in [1.29, 1.82) is 0 Å². The van der Waals surface area contributed by atoms with E-state index < -0.39 is 5.97 Å². The fraction of sp³-hybridized carbons (Fsp3) is 0.692. The minimum Gasteiger partial charge on any atom is -0.494 e. The molecule has 0 saturated carbocycles. The van der Waals surface area contributed by atoms with E-state index in [2.05, 4.69) is 22.8 Å².